The predicted octanol–water partition coefficient (Wildman–Crippen LogP) is 2.23. The molecule has 1 heterocycles. The van der Waals surface area contributed by atoms with Crippen LogP contribution < -0.4 is 0 Å². The molecule has 1 aliphatic heterocycles. The molecule has 0 aromatic carbocycles. The number of hydrogen-bond donors (Lipinski definition) is 0. The summed E-state index contributed by atoms with van der Waals surface area (Å²) < 4.78 is 3.92. The molecule has 4 nitrogen and oxygen atoms in total. The van der Waals surface area contributed by atoms with Gasteiger partial charge in [-0.25, -0.2) is 4.79 Å². The number of alkyl halides is 2. The highest BCUT2D eigenvalue weighted by atomic mass is 35.5. The number of fused-ring (bicyclic) bond motifs is 1. The number of Topliss-reactive ketones (excluding diaryl/α,β-unsaturated/α-hetero) is 1. The van der Waals surface area contributed by atoms with Gasteiger partial charge >= 0.3 is 6.09 Å². The number of hydrogen-bond acceptors (Lipinski definition) is 3. The van der Waals surface area contributed by atoms with Crippen molar-refractivity contribution in [2.24, 2.45) is 11.8 Å². The van der Waals surface area contributed by atoms with Crippen molar-refractivity contribution in [2.75, 3.05) is 13.1 Å². The molecular weight excluding hydrogens is 265 g/mol. The highest BCUT2D eigenvalue weighted by Crippen LogP contribution is 2.52. The Hall–Kier alpha value is -0.480. The molecule has 17 heavy (non-hydrogen) atoms. The lowest BCUT2D eigenvalue weighted by atomic mass is 9.74. The van der Waals surface area contributed by atoms with Crippen molar-refractivity contribution in [1.29, 1.82) is 0 Å². The van der Waals surface area contributed by atoms with Crippen LogP contribution >= 0.6 is 23.2 Å². The van der Waals surface area contributed by atoms with E-state index in [9.17, 15) is 9.59 Å². The van der Waals surface area contributed by atoms with Crippen molar-refractivity contribution < 1.29 is 14.3 Å². The molecule has 0 aromatic rings. The van der Waals surface area contributed by atoms with E-state index in [1.54, 1.807) is 20.8 Å². The zero-order chi connectivity index (χ0) is 13.0. The maximum Gasteiger partial charge on any atom is 0.410 e. The lowest BCUT2D eigenvalue weighted by molar-refractivity contribution is -0.132. The molecular formula is C11H15Cl2NO3. The summed E-state index contributed by atoms with van der Waals surface area (Å²) in [7, 11) is 0. The number of ketones is 1. The zero-order valence-electron chi connectivity index (χ0n) is 10.00. The van der Waals surface area contributed by atoms with E-state index in [0.29, 0.717) is 13.1 Å². The van der Waals surface area contributed by atoms with Crippen molar-refractivity contribution in [1.82, 2.24) is 4.90 Å². The number of nitrogens with zero attached hydrogens (tertiary/aromatic N) is 1. The molecule has 0 bridgehead atoms. The van der Waals surface area contributed by atoms with E-state index in [-0.39, 0.29) is 17.6 Å². The molecule has 1 aliphatic carbocycles. The molecule has 1 saturated carbocycles. The van der Waals surface area contributed by atoms with Gasteiger partial charge < -0.3 is 9.64 Å². The van der Waals surface area contributed by atoms with Gasteiger partial charge in [0.2, 0.25) is 0 Å². The summed E-state index contributed by atoms with van der Waals surface area (Å²) in [5, 5.41) is 0. The molecule has 1 amide bonds. The van der Waals surface area contributed by atoms with E-state index in [1.165, 1.54) is 4.90 Å². The smallest absolute Gasteiger partial charge is 0.410 e. The highest BCUT2D eigenvalue weighted by Gasteiger charge is 2.64. The Labute approximate surface area is 110 Å². The number of carbonyl (C=O) groups is 2. The molecule has 2 unspecified atom stereocenters. The number of likely N-dealkylation sites (tertiary alicyclic amines) is 1. The van der Waals surface area contributed by atoms with Crippen molar-refractivity contribution in [3.05, 3.63) is 0 Å². The minimum Gasteiger partial charge on any atom is -0.444 e. The first kappa shape index (κ1) is 13.0. The number of halogens is 2. The Balaban J connectivity index is 2.00. The second-order valence-electron chi connectivity index (χ2n) is 5.59. The van der Waals surface area contributed by atoms with E-state index in [2.05, 4.69) is 0 Å². The third-order valence-corrected chi connectivity index (χ3v) is 4.04. The van der Waals surface area contributed by atoms with Gasteiger partial charge in [0.15, 0.2) is 10.1 Å². The molecule has 0 aromatic heterocycles. The van der Waals surface area contributed by atoms with Crippen LogP contribution in [0.25, 0.3) is 0 Å². The van der Waals surface area contributed by atoms with Gasteiger partial charge in [-0.3, -0.25) is 4.79 Å². The first-order valence-electron chi connectivity index (χ1n) is 5.53. The van der Waals surface area contributed by atoms with Crippen LogP contribution in [0, 0.1) is 11.8 Å². The predicted molar refractivity (Wildman–Crippen MR) is 64.2 cm³/mol. The molecule has 2 fully saturated rings. The average molecular weight is 280 g/mol. The van der Waals surface area contributed by atoms with Crippen LogP contribution in [0.2, 0.25) is 0 Å². The maximum absolute atomic E-state index is 11.8. The normalized spacial score (nSPS) is 30.9. The van der Waals surface area contributed by atoms with Crippen LogP contribution in [0.5, 0.6) is 0 Å². The van der Waals surface area contributed by atoms with Crippen LogP contribution in [-0.4, -0.2) is 39.8 Å². The molecule has 0 radical (unpaired) electrons. The Morgan fingerprint density at radius 2 is 2.00 bits per heavy atom. The number of carbonyl (C=O) groups excluding carboxylic acids is 2. The Morgan fingerprint density at radius 3 is 2.47 bits per heavy atom. The van der Waals surface area contributed by atoms with Crippen molar-refractivity contribution in [3.63, 3.8) is 0 Å². The van der Waals surface area contributed by atoms with E-state index in [0.717, 1.165) is 0 Å². The van der Waals surface area contributed by atoms with Gasteiger partial charge in [0.1, 0.15) is 5.60 Å². The Bertz CT molecular complexity index is 375. The third kappa shape index (κ3) is 2.13. The first-order chi connectivity index (χ1) is 7.63. The topological polar surface area (TPSA) is 46.6 Å². The summed E-state index contributed by atoms with van der Waals surface area (Å²) >= 11 is 11.8. The molecule has 0 N–H and O–H groups in total. The molecule has 0 spiro atoms. The van der Waals surface area contributed by atoms with Gasteiger partial charge in [-0.2, -0.15) is 0 Å². The summed E-state index contributed by atoms with van der Waals surface area (Å²) in [6.45, 7) is 6.15. The monoisotopic (exact) mass is 279 g/mol. The first-order valence-corrected chi connectivity index (χ1v) is 6.28. The van der Waals surface area contributed by atoms with Gasteiger partial charge in [-0.15, -0.1) is 0 Å². The summed E-state index contributed by atoms with van der Waals surface area (Å²) in [5.74, 6) is -0.569. The van der Waals surface area contributed by atoms with Crippen molar-refractivity contribution >= 4 is 35.1 Å². The lowest BCUT2D eigenvalue weighted by Gasteiger charge is -2.39. The van der Waals surface area contributed by atoms with Crippen LogP contribution in [0.1, 0.15) is 20.8 Å². The second-order valence-corrected chi connectivity index (χ2v) is 6.97. The van der Waals surface area contributed by atoms with E-state index in [1.807, 2.05) is 0 Å². The van der Waals surface area contributed by atoms with Gasteiger partial charge in [0, 0.05) is 24.9 Å². The standard InChI is InChI=1S/C11H15Cl2NO3/c1-10(2,3)17-9(16)14-4-6-7(5-14)11(12,13)8(6)15/h6-7H,4-5H2,1-3H3. The second kappa shape index (κ2) is 3.75. The molecule has 2 rings (SSSR count). The number of rotatable bonds is 0. The van der Waals surface area contributed by atoms with Crippen LogP contribution in [0.3, 0.4) is 0 Å². The fourth-order valence-electron chi connectivity index (χ4n) is 2.25. The zero-order valence-corrected chi connectivity index (χ0v) is 11.5. The van der Waals surface area contributed by atoms with E-state index >= 15 is 0 Å². The molecule has 2 atom stereocenters. The SMILES string of the molecule is CC(C)(C)OC(=O)N1CC2C(=O)C(Cl)(Cl)C2C1. The average Bonchev–Trinajstić information content (AvgIpc) is 2.56. The number of ether oxygens (including phenoxy) is 1. The third-order valence-electron chi connectivity index (χ3n) is 3.10. The fraction of sp³-hybridized carbons (Fsp3) is 0.818. The number of amides is 1. The molecule has 2 aliphatic rings. The largest absolute Gasteiger partial charge is 0.444 e. The van der Waals surface area contributed by atoms with Crippen molar-refractivity contribution in [3.8, 4) is 0 Å². The molecule has 6 heteroatoms. The van der Waals surface area contributed by atoms with Gasteiger partial charge in [-0.05, 0) is 20.8 Å². The molecule has 1 saturated heterocycles. The summed E-state index contributed by atoms with van der Waals surface area (Å²) in [5.41, 5.74) is -0.540. The maximum atomic E-state index is 11.8. The lowest BCUT2D eigenvalue weighted by Crippen LogP contribution is -2.55. The van der Waals surface area contributed by atoms with E-state index in [4.69, 9.17) is 27.9 Å². The van der Waals surface area contributed by atoms with Gasteiger partial charge in [0.05, 0.1) is 0 Å². The van der Waals surface area contributed by atoms with E-state index < -0.39 is 16.0 Å². The summed E-state index contributed by atoms with van der Waals surface area (Å²) in [6.07, 6.45) is -0.413. The summed E-state index contributed by atoms with van der Waals surface area (Å²) in [4.78, 5) is 24.9. The van der Waals surface area contributed by atoms with Crippen molar-refractivity contribution in [2.45, 2.75) is 30.7 Å². The Kier molecular flexibility index (Phi) is 2.86. The fourth-order valence-corrected chi connectivity index (χ4v) is 2.97. The van der Waals surface area contributed by atoms with Crippen LogP contribution in [0.15, 0.2) is 0 Å². The van der Waals surface area contributed by atoms with Gasteiger partial charge in [-0.1, -0.05) is 23.2 Å². The molecule has 96 valence electrons. The summed E-state index contributed by atoms with van der Waals surface area (Å²) in [6, 6.07) is 0. The Morgan fingerprint density at radius 1 is 1.41 bits per heavy atom. The highest BCUT2D eigenvalue weighted by molar-refractivity contribution is 6.61. The minimum atomic E-state index is -1.32. The van der Waals surface area contributed by atoms with Crippen LogP contribution in [0.4, 0.5) is 4.79 Å². The quantitative estimate of drug-likeness (QED) is 0.639. The van der Waals surface area contributed by atoms with Gasteiger partial charge in [0.25, 0.3) is 0 Å². The minimum absolute atomic E-state index is 0.161. The van der Waals surface area contributed by atoms with Crippen LogP contribution in [-0.2, 0) is 9.53 Å².